The molecule has 2 heterocycles. The maximum absolute atomic E-state index is 14.5. The first-order chi connectivity index (χ1) is 28.2. The fourth-order valence-corrected chi connectivity index (χ4v) is 7.59. The lowest BCUT2D eigenvalue weighted by Crippen LogP contribution is -2.61. The molecule has 0 spiro atoms. The lowest BCUT2D eigenvalue weighted by atomic mass is 9.94. The molecule has 2 aliphatic rings. The first-order valence-electron chi connectivity index (χ1n) is 20.7. The highest BCUT2D eigenvalue weighted by molar-refractivity contribution is 5.96. The molecule has 1 saturated heterocycles. The molecular weight excluding hydrogens is 757 g/mol. The van der Waals surface area contributed by atoms with Crippen LogP contribution in [0.4, 0.5) is 0 Å². The van der Waals surface area contributed by atoms with Crippen molar-refractivity contribution in [3.05, 3.63) is 65.7 Å². The predicted octanol–water partition coefficient (Wildman–Crippen LogP) is 1.64. The minimum Gasteiger partial charge on any atom is -0.508 e. The molecule has 0 aliphatic carbocycles. The van der Waals surface area contributed by atoms with Gasteiger partial charge in [0.15, 0.2) is 0 Å². The van der Waals surface area contributed by atoms with Gasteiger partial charge in [-0.3, -0.25) is 33.8 Å². The summed E-state index contributed by atoms with van der Waals surface area (Å²) in [6.07, 6.45) is 3.62. The fourth-order valence-electron chi connectivity index (χ4n) is 7.59. The van der Waals surface area contributed by atoms with E-state index in [4.69, 9.17) is 5.73 Å². The molecule has 0 saturated carbocycles. The molecule has 0 aromatic heterocycles. The van der Waals surface area contributed by atoms with Gasteiger partial charge in [0, 0.05) is 31.6 Å². The molecule has 16 nitrogen and oxygen atoms in total. The smallest absolute Gasteiger partial charge is 0.305 e. The van der Waals surface area contributed by atoms with Crippen LogP contribution >= 0.6 is 0 Å². The zero-order valence-corrected chi connectivity index (χ0v) is 34.6. The number of amides is 5. The lowest BCUT2D eigenvalue weighted by molar-refractivity contribution is -0.143. The highest BCUT2D eigenvalue weighted by Gasteiger charge is 2.41. The van der Waals surface area contributed by atoms with Crippen LogP contribution in [-0.4, -0.2) is 113 Å². The number of hydrogen-bond acceptors (Lipinski definition) is 10. The zero-order valence-electron chi connectivity index (χ0n) is 34.6. The molecule has 4 rings (SSSR count). The van der Waals surface area contributed by atoms with E-state index in [1.165, 1.54) is 23.4 Å². The SMILES string of the molecule is CCC(C)C(NC(=O)C(Cc1ccc(O)cc1)NC(=O)C(CN)CC(C)C)C(=O)NC(CC1CN=CN1)C(=O)N1CCCC1C(=O)NC(CC(=O)O)Cc1ccccc1. The number of nitrogens with two attached hydrogens (primary N) is 1. The van der Waals surface area contributed by atoms with Crippen LogP contribution in [0.2, 0.25) is 0 Å². The molecular formula is C43H62N8O8. The van der Waals surface area contributed by atoms with Gasteiger partial charge in [-0.15, -0.1) is 0 Å². The summed E-state index contributed by atoms with van der Waals surface area (Å²) in [7, 11) is 0. The van der Waals surface area contributed by atoms with E-state index in [-0.39, 0.29) is 56.0 Å². The van der Waals surface area contributed by atoms with Gasteiger partial charge in [-0.25, -0.2) is 0 Å². The van der Waals surface area contributed by atoms with E-state index in [0.29, 0.717) is 44.2 Å². The van der Waals surface area contributed by atoms with Gasteiger partial charge in [0.25, 0.3) is 0 Å². The summed E-state index contributed by atoms with van der Waals surface area (Å²) in [4.78, 5) is 87.6. The van der Waals surface area contributed by atoms with E-state index in [2.05, 4.69) is 31.6 Å². The van der Waals surface area contributed by atoms with Crippen LogP contribution in [0.3, 0.4) is 0 Å². The molecule has 5 amide bonds. The van der Waals surface area contributed by atoms with Gasteiger partial charge >= 0.3 is 5.97 Å². The van der Waals surface area contributed by atoms with Crippen LogP contribution < -0.4 is 32.3 Å². The number of nitrogens with zero attached hydrogens (tertiary/aromatic N) is 2. The van der Waals surface area contributed by atoms with Crippen LogP contribution in [0.25, 0.3) is 0 Å². The van der Waals surface area contributed by atoms with Crippen LogP contribution in [0.5, 0.6) is 5.75 Å². The van der Waals surface area contributed by atoms with Crippen molar-refractivity contribution in [1.82, 2.24) is 31.5 Å². The second kappa shape index (κ2) is 22.6. The minimum absolute atomic E-state index is 0.0437. The molecule has 2 aromatic carbocycles. The van der Waals surface area contributed by atoms with Gasteiger partial charge < -0.3 is 47.4 Å². The number of carboxylic acid groups (broad SMARTS) is 1. The second-order valence-corrected chi connectivity index (χ2v) is 16.2. The molecule has 8 unspecified atom stereocenters. The third-order valence-corrected chi connectivity index (χ3v) is 11.0. The van der Waals surface area contributed by atoms with Gasteiger partial charge in [-0.1, -0.05) is 76.6 Å². The van der Waals surface area contributed by atoms with Crippen LogP contribution in [0.15, 0.2) is 59.6 Å². The molecule has 1 fully saturated rings. The number of aliphatic carboxylic acids is 1. The van der Waals surface area contributed by atoms with Crippen molar-refractivity contribution in [2.45, 2.75) is 115 Å². The van der Waals surface area contributed by atoms with Crippen molar-refractivity contribution >= 4 is 41.8 Å². The number of nitrogens with one attached hydrogen (secondary N) is 5. The third-order valence-electron chi connectivity index (χ3n) is 11.0. The van der Waals surface area contributed by atoms with E-state index < -0.39 is 71.6 Å². The molecule has 2 aliphatic heterocycles. The number of phenols is 1. The summed E-state index contributed by atoms with van der Waals surface area (Å²) in [5, 5.41) is 34.1. The summed E-state index contributed by atoms with van der Waals surface area (Å²) >= 11 is 0. The van der Waals surface area contributed by atoms with E-state index in [0.717, 1.165) is 5.56 Å². The number of benzene rings is 2. The Morgan fingerprint density at radius 1 is 0.881 bits per heavy atom. The Kier molecular flexibility index (Phi) is 17.7. The van der Waals surface area contributed by atoms with Crippen LogP contribution in [0.1, 0.15) is 77.3 Å². The van der Waals surface area contributed by atoms with E-state index in [9.17, 15) is 39.0 Å². The Morgan fingerprint density at radius 3 is 2.17 bits per heavy atom. The van der Waals surface area contributed by atoms with Crippen molar-refractivity contribution in [2.75, 3.05) is 19.6 Å². The number of carbonyl (C=O) groups is 6. The van der Waals surface area contributed by atoms with Gasteiger partial charge in [0.1, 0.15) is 29.9 Å². The van der Waals surface area contributed by atoms with E-state index >= 15 is 0 Å². The maximum Gasteiger partial charge on any atom is 0.305 e. The molecule has 59 heavy (non-hydrogen) atoms. The summed E-state index contributed by atoms with van der Waals surface area (Å²) in [6.45, 7) is 8.33. The van der Waals surface area contributed by atoms with Gasteiger partial charge in [-0.05, 0) is 67.2 Å². The van der Waals surface area contributed by atoms with E-state index in [1.54, 1.807) is 19.1 Å². The van der Waals surface area contributed by atoms with Crippen molar-refractivity contribution in [3.63, 3.8) is 0 Å². The Labute approximate surface area is 346 Å². The number of likely N-dealkylation sites (tertiary alicyclic amines) is 1. The second-order valence-electron chi connectivity index (χ2n) is 16.2. The maximum atomic E-state index is 14.5. The minimum atomic E-state index is -1.11. The fraction of sp³-hybridized carbons (Fsp3) is 0.558. The number of carboxylic acids is 1. The summed E-state index contributed by atoms with van der Waals surface area (Å²) in [5.74, 6) is -4.34. The normalized spacial score (nSPS) is 19.1. The average molecular weight is 819 g/mol. The van der Waals surface area contributed by atoms with Crippen molar-refractivity contribution in [2.24, 2.45) is 28.5 Å². The van der Waals surface area contributed by atoms with E-state index in [1.807, 2.05) is 51.1 Å². The molecule has 0 bridgehead atoms. The van der Waals surface area contributed by atoms with Crippen molar-refractivity contribution in [3.8, 4) is 5.75 Å². The molecule has 16 heteroatoms. The third kappa shape index (κ3) is 14.1. The molecule has 322 valence electrons. The van der Waals surface area contributed by atoms with Gasteiger partial charge in [-0.2, -0.15) is 0 Å². The number of aliphatic imine (C=N–C) groups is 1. The Morgan fingerprint density at radius 2 is 1.56 bits per heavy atom. The number of phenolic OH excluding ortho intramolecular Hbond substituents is 1. The number of rotatable bonds is 22. The number of hydrogen-bond donors (Lipinski definition) is 8. The highest BCUT2D eigenvalue weighted by Crippen LogP contribution is 2.22. The Bertz CT molecular complexity index is 1750. The summed E-state index contributed by atoms with van der Waals surface area (Å²) in [5.41, 5.74) is 7.48. The number of carbonyl (C=O) groups excluding carboxylic acids is 5. The van der Waals surface area contributed by atoms with Gasteiger partial charge in [0.05, 0.1) is 25.2 Å². The quantitative estimate of drug-likeness (QED) is 0.0854. The van der Waals surface area contributed by atoms with Crippen LogP contribution in [-0.2, 0) is 41.6 Å². The van der Waals surface area contributed by atoms with Crippen LogP contribution in [0, 0.1) is 17.8 Å². The largest absolute Gasteiger partial charge is 0.508 e. The average Bonchev–Trinajstić information content (AvgIpc) is 3.92. The number of aromatic hydroxyl groups is 1. The Hall–Kier alpha value is -5.51. The standard InChI is InChI=1S/C43H62N8O8/c1-5-27(4)38(50-40(56)34(20-29-13-15-33(52)16-14-29)48-39(55)30(23-44)18-26(2)3)42(58)49-35(21-32-24-45-25-46-32)43(59)51-17-9-12-36(51)41(57)47-31(22-37(53)54)19-28-10-7-6-8-11-28/h6-8,10-11,13-16,25-27,30-32,34-36,38,52H,5,9,12,17-24,44H2,1-4H3,(H,45,46)(H,47,57)(H,48,55)(H,49,58)(H,50,56)(H,53,54). The molecule has 8 atom stereocenters. The first kappa shape index (κ1) is 46.2. The monoisotopic (exact) mass is 818 g/mol. The highest BCUT2D eigenvalue weighted by atomic mass is 16.4. The lowest BCUT2D eigenvalue weighted by Gasteiger charge is -2.32. The zero-order chi connectivity index (χ0) is 43.1. The summed E-state index contributed by atoms with van der Waals surface area (Å²) in [6, 6.07) is 10.3. The molecule has 0 radical (unpaired) electrons. The molecule has 2 aromatic rings. The topological polar surface area (TPSA) is 245 Å². The predicted molar refractivity (Wildman–Crippen MR) is 223 cm³/mol. The first-order valence-corrected chi connectivity index (χ1v) is 20.7. The van der Waals surface area contributed by atoms with Crippen molar-refractivity contribution < 1.29 is 39.0 Å². The van der Waals surface area contributed by atoms with Crippen molar-refractivity contribution in [1.29, 1.82) is 0 Å². The Balaban J connectivity index is 1.55. The summed E-state index contributed by atoms with van der Waals surface area (Å²) < 4.78 is 0. The van der Waals surface area contributed by atoms with Gasteiger partial charge in [0.2, 0.25) is 29.5 Å². The molecule has 9 N–H and O–H groups in total.